The maximum absolute atomic E-state index is 12.9. The molecule has 2 aromatic rings. The Morgan fingerprint density at radius 1 is 1.07 bits per heavy atom. The van der Waals surface area contributed by atoms with Crippen LogP contribution >= 0.6 is 11.8 Å². The van der Waals surface area contributed by atoms with E-state index in [1.54, 1.807) is 50.1 Å². The number of halogens is 3. The molecule has 0 radical (unpaired) electrons. The lowest BCUT2D eigenvalue weighted by atomic mass is 9.97. The number of carbonyl (C=O) groups excluding carboxylic acids is 2. The third-order valence-electron chi connectivity index (χ3n) is 4.35. The van der Waals surface area contributed by atoms with Crippen molar-refractivity contribution in [2.45, 2.75) is 18.6 Å². The van der Waals surface area contributed by atoms with Crippen molar-refractivity contribution in [2.75, 3.05) is 26.1 Å². The molecule has 0 unspecified atom stereocenters. The van der Waals surface area contributed by atoms with Crippen molar-refractivity contribution in [3.63, 3.8) is 0 Å². The van der Waals surface area contributed by atoms with Gasteiger partial charge < -0.3 is 10.2 Å². The maximum Gasteiger partial charge on any atom is 0.416 e. The van der Waals surface area contributed by atoms with Crippen molar-refractivity contribution in [3.8, 4) is 11.1 Å². The second-order valence-corrected chi connectivity index (χ2v) is 7.65. The van der Waals surface area contributed by atoms with Gasteiger partial charge in [0.05, 0.1) is 5.56 Å². The summed E-state index contributed by atoms with van der Waals surface area (Å²) in [5.74, 6) is 0.0478. The monoisotopic (exact) mass is 424 g/mol. The number of carbonyl (C=O) groups is 2. The summed E-state index contributed by atoms with van der Waals surface area (Å²) < 4.78 is 38.4. The average Bonchev–Trinajstić information content (AvgIpc) is 2.69. The minimum Gasteiger partial charge on any atom is -0.347 e. The van der Waals surface area contributed by atoms with E-state index in [4.69, 9.17) is 0 Å². The fourth-order valence-corrected chi connectivity index (χ4v) is 3.28. The molecule has 2 amide bonds. The van der Waals surface area contributed by atoms with E-state index in [9.17, 15) is 22.8 Å². The topological polar surface area (TPSA) is 49.4 Å². The highest BCUT2D eigenvalue weighted by Gasteiger charge is 2.30. The van der Waals surface area contributed by atoms with Crippen LogP contribution in [0.5, 0.6) is 0 Å². The van der Waals surface area contributed by atoms with Gasteiger partial charge in [0.2, 0.25) is 5.91 Å². The van der Waals surface area contributed by atoms with Crippen molar-refractivity contribution >= 4 is 23.6 Å². The fourth-order valence-electron chi connectivity index (χ4n) is 2.81. The van der Waals surface area contributed by atoms with Gasteiger partial charge in [-0.05, 0) is 47.8 Å². The molecule has 0 aliphatic rings. The Morgan fingerprint density at radius 2 is 1.69 bits per heavy atom. The Morgan fingerprint density at radius 3 is 2.24 bits per heavy atom. The average molecular weight is 424 g/mol. The molecule has 156 valence electrons. The number of nitrogens with one attached hydrogen (secondary N) is 1. The second-order valence-electron chi connectivity index (χ2n) is 6.66. The summed E-state index contributed by atoms with van der Waals surface area (Å²) in [4.78, 5) is 26.7. The van der Waals surface area contributed by atoms with Crippen LogP contribution in [0.4, 0.5) is 13.2 Å². The Hall–Kier alpha value is -2.48. The normalized spacial score (nSPS) is 12.3. The van der Waals surface area contributed by atoms with Crippen LogP contribution in [-0.4, -0.2) is 48.9 Å². The summed E-state index contributed by atoms with van der Waals surface area (Å²) in [6, 6.07) is 10.6. The van der Waals surface area contributed by atoms with E-state index in [1.807, 2.05) is 6.26 Å². The Kier molecular flexibility index (Phi) is 7.73. The highest BCUT2D eigenvalue weighted by Crippen LogP contribution is 2.31. The van der Waals surface area contributed by atoms with Gasteiger partial charge in [-0.3, -0.25) is 9.59 Å². The van der Waals surface area contributed by atoms with Crippen LogP contribution in [0.2, 0.25) is 0 Å². The van der Waals surface area contributed by atoms with E-state index < -0.39 is 23.7 Å². The van der Waals surface area contributed by atoms with Crippen molar-refractivity contribution in [1.82, 2.24) is 10.2 Å². The molecule has 0 aromatic heterocycles. The number of rotatable bonds is 7. The van der Waals surface area contributed by atoms with E-state index in [1.165, 1.54) is 17.0 Å². The lowest BCUT2D eigenvalue weighted by Gasteiger charge is -2.22. The molecule has 0 aliphatic heterocycles. The molecular formula is C21H23F3N2O2S. The van der Waals surface area contributed by atoms with Gasteiger partial charge in [0.1, 0.15) is 6.04 Å². The van der Waals surface area contributed by atoms with Crippen LogP contribution in [0, 0.1) is 0 Å². The first kappa shape index (κ1) is 22.8. The molecule has 0 fully saturated rings. The predicted molar refractivity (Wildman–Crippen MR) is 110 cm³/mol. The van der Waals surface area contributed by atoms with Crippen LogP contribution < -0.4 is 5.32 Å². The third-order valence-corrected chi connectivity index (χ3v) is 4.99. The zero-order chi connectivity index (χ0) is 21.6. The Balaban J connectivity index is 2.31. The van der Waals surface area contributed by atoms with E-state index in [2.05, 4.69) is 5.32 Å². The molecule has 0 heterocycles. The number of thioether (sulfide) groups is 1. The number of nitrogens with zero attached hydrogens (tertiary/aromatic N) is 1. The largest absolute Gasteiger partial charge is 0.416 e. The first-order valence-electron chi connectivity index (χ1n) is 8.92. The summed E-state index contributed by atoms with van der Waals surface area (Å²) in [5.41, 5.74) is 0.535. The van der Waals surface area contributed by atoms with Gasteiger partial charge in [-0.15, -0.1) is 0 Å². The van der Waals surface area contributed by atoms with Gasteiger partial charge in [-0.1, -0.05) is 30.3 Å². The lowest BCUT2D eigenvalue weighted by Crippen LogP contribution is -2.46. The van der Waals surface area contributed by atoms with Gasteiger partial charge in [0, 0.05) is 19.7 Å². The van der Waals surface area contributed by atoms with Gasteiger partial charge in [-0.25, -0.2) is 0 Å². The Labute approximate surface area is 172 Å². The van der Waals surface area contributed by atoms with Crippen LogP contribution in [0.1, 0.15) is 22.3 Å². The van der Waals surface area contributed by atoms with E-state index in [0.29, 0.717) is 28.9 Å². The lowest BCUT2D eigenvalue weighted by molar-refractivity contribution is -0.137. The summed E-state index contributed by atoms with van der Waals surface area (Å²) in [6.07, 6.45) is -2.03. The third kappa shape index (κ3) is 6.00. The van der Waals surface area contributed by atoms with Crippen LogP contribution in [0.15, 0.2) is 48.5 Å². The van der Waals surface area contributed by atoms with Crippen molar-refractivity contribution < 1.29 is 22.8 Å². The van der Waals surface area contributed by atoms with Gasteiger partial charge in [0.25, 0.3) is 5.91 Å². The molecule has 2 rings (SSSR count). The summed E-state index contributed by atoms with van der Waals surface area (Å²) >= 11 is 1.57. The van der Waals surface area contributed by atoms with Gasteiger partial charge in [0.15, 0.2) is 0 Å². The quantitative estimate of drug-likeness (QED) is 0.721. The molecule has 0 spiro atoms. The molecule has 0 saturated carbocycles. The van der Waals surface area contributed by atoms with E-state index in [0.717, 1.165) is 12.1 Å². The van der Waals surface area contributed by atoms with Crippen LogP contribution in [0.3, 0.4) is 0 Å². The number of hydrogen-bond donors (Lipinski definition) is 1. The van der Waals surface area contributed by atoms with Crippen molar-refractivity contribution in [2.24, 2.45) is 0 Å². The highest BCUT2D eigenvalue weighted by atomic mass is 32.2. The molecule has 0 saturated heterocycles. The van der Waals surface area contributed by atoms with Gasteiger partial charge >= 0.3 is 6.18 Å². The number of amides is 2. The number of benzene rings is 2. The highest BCUT2D eigenvalue weighted by molar-refractivity contribution is 7.98. The van der Waals surface area contributed by atoms with Crippen molar-refractivity contribution in [1.29, 1.82) is 0 Å². The molecule has 4 nitrogen and oxygen atoms in total. The summed E-state index contributed by atoms with van der Waals surface area (Å²) in [7, 11) is 3.24. The predicted octanol–water partition coefficient (Wildman–Crippen LogP) is 4.31. The number of likely N-dealkylation sites (N-methyl/N-ethyl adjacent to an activating group) is 1. The molecule has 0 bridgehead atoms. The molecule has 0 aliphatic carbocycles. The molecule has 29 heavy (non-hydrogen) atoms. The minimum atomic E-state index is -4.42. The zero-order valence-electron chi connectivity index (χ0n) is 16.4. The van der Waals surface area contributed by atoms with Crippen LogP contribution in [-0.2, 0) is 11.0 Å². The summed E-state index contributed by atoms with van der Waals surface area (Å²) in [5, 5.41) is 2.77. The first-order chi connectivity index (χ1) is 13.6. The zero-order valence-corrected chi connectivity index (χ0v) is 17.2. The first-order valence-corrected chi connectivity index (χ1v) is 10.3. The minimum absolute atomic E-state index is 0.209. The molecule has 8 heteroatoms. The molecular weight excluding hydrogens is 401 g/mol. The van der Waals surface area contributed by atoms with Crippen LogP contribution in [0.25, 0.3) is 11.1 Å². The number of hydrogen-bond acceptors (Lipinski definition) is 3. The SMILES string of the molecule is CSCC[C@H](NC(=O)c1ccccc1-c1ccc(C(F)(F)F)cc1)C(=O)N(C)C. The molecule has 1 N–H and O–H groups in total. The second kappa shape index (κ2) is 9.82. The van der Waals surface area contributed by atoms with E-state index >= 15 is 0 Å². The summed E-state index contributed by atoms with van der Waals surface area (Å²) in [6.45, 7) is 0. The number of alkyl halides is 3. The maximum atomic E-state index is 12.9. The molecule has 1 atom stereocenters. The smallest absolute Gasteiger partial charge is 0.347 e. The van der Waals surface area contributed by atoms with Gasteiger partial charge in [-0.2, -0.15) is 24.9 Å². The van der Waals surface area contributed by atoms with E-state index in [-0.39, 0.29) is 5.91 Å². The Bertz CT molecular complexity index is 852. The molecule has 2 aromatic carbocycles. The van der Waals surface area contributed by atoms with Crippen molar-refractivity contribution in [3.05, 3.63) is 59.7 Å². The standard InChI is InChI=1S/C21H23F3N2O2S/c1-26(2)20(28)18(12-13-29-3)25-19(27)17-7-5-4-6-16(17)14-8-10-15(11-9-14)21(22,23)24/h4-11,18H,12-13H2,1-3H3,(H,25,27)/t18-/m0/s1. The fraction of sp³-hybridized carbons (Fsp3) is 0.333.